The molecular formula is C8H15NO. The summed E-state index contributed by atoms with van der Waals surface area (Å²) in [6, 6.07) is 0.731. The Bertz CT molecular complexity index is 135. The van der Waals surface area contributed by atoms with Crippen molar-refractivity contribution in [2.24, 2.45) is 11.8 Å². The molecule has 3 atom stereocenters. The van der Waals surface area contributed by atoms with Gasteiger partial charge in [-0.15, -0.1) is 0 Å². The van der Waals surface area contributed by atoms with Gasteiger partial charge in [0.2, 0.25) is 0 Å². The third kappa shape index (κ3) is 0.867. The molecular weight excluding hydrogens is 126 g/mol. The van der Waals surface area contributed by atoms with Crippen LogP contribution < -0.4 is 0 Å². The van der Waals surface area contributed by atoms with Gasteiger partial charge in [0.15, 0.2) is 0 Å². The molecule has 1 aliphatic carbocycles. The third-order valence-electron chi connectivity index (χ3n) is 2.90. The van der Waals surface area contributed by atoms with E-state index in [1.165, 1.54) is 13.0 Å². The number of hydrogen-bond acceptors (Lipinski definition) is 2. The van der Waals surface area contributed by atoms with E-state index in [0.29, 0.717) is 0 Å². The number of nitrogens with zero attached hydrogens (tertiary/aromatic N) is 1. The zero-order valence-electron chi connectivity index (χ0n) is 6.71. The van der Waals surface area contributed by atoms with Gasteiger partial charge in [0, 0.05) is 19.7 Å². The molecule has 0 N–H and O–H groups in total. The maximum Gasteiger partial charge on any atom is 0.0620 e. The zero-order chi connectivity index (χ0) is 7.14. The van der Waals surface area contributed by atoms with Gasteiger partial charge in [-0.3, -0.25) is 0 Å². The van der Waals surface area contributed by atoms with Crippen LogP contribution in [0.1, 0.15) is 6.42 Å². The normalized spacial score (nSPS) is 45.6. The van der Waals surface area contributed by atoms with E-state index in [-0.39, 0.29) is 0 Å². The molecule has 58 valence electrons. The van der Waals surface area contributed by atoms with Crippen LogP contribution in [0.4, 0.5) is 0 Å². The van der Waals surface area contributed by atoms with Gasteiger partial charge in [0.05, 0.1) is 6.61 Å². The summed E-state index contributed by atoms with van der Waals surface area (Å²) >= 11 is 0. The molecule has 1 heterocycles. The summed E-state index contributed by atoms with van der Waals surface area (Å²) in [6.45, 7) is 2.23. The van der Waals surface area contributed by atoms with Gasteiger partial charge in [-0.05, 0) is 25.3 Å². The van der Waals surface area contributed by atoms with Crippen LogP contribution in [0.3, 0.4) is 0 Å². The van der Waals surface area contributed by atoms with E-state index in [0.717, 1.165) is 24.5 Å². The molecule has 2 rings (SSSR count). The van der Waals surface area contributed by atoms with Gasteiger partial charge in [-0.1, -0.05) is 0 Å². The molecule has 0 radical (unpaired) electrons. The van der Waals surface area contributed by atoms with Crippen LogP contribution in [0.2, 0.25) is 0 Å². The zero-order valence-corrected chi connectivity index (χ0v) is 6.71. The van der Waals surface area contributed by atoms with Crippen molar-refractivity contribution < 1.29 is 4.74 Å². The molecule has 0 spiro atoms. The average Bonchev–Trinajstić information content (AvgIpc) is 2.57. The second-order valence-corrected chi connectivity index (χ2v) is 3.62. The molecule has 0 unspecified atom stereocenters. The maximum atomic E-state index is 5.15. The fourth-order valence-corrected chi connectivity index (χ4v) is 2.21. The van der Waals surface area contributed by atoms with Gasteiger partial charge in [-0.25, -0.2) is 0 Å². The fraction of sp³-hybridized carbons (Fsp3) is 1.00. The highest BCUT2D eigenvalue weighted by Crippen LogP contribution is 2.48. The quantitative estimate of drug-likeness (QED) is 0.558. The van der Waals surface area contributed by atoms with Crippen LogP contribution in [0, 0.1) is 11.8 Å². The minimum atomic E-state index is 0.731. The molecule has 0 aromatic heterocycles. The van der Waals surface area contributed by atoms with E-state index >= 15 is 0 Å². The molecule has 0 amide bonds. The number of likely N-dealkylation sites (N-methyl/N-ethyl adjacent to an activating group) is 1. The Balaban J connectivity index is 1.92. The van der Waals surface area contributed by atoms with Crippen molar-refractivity contribution in [1.29, 1.82) is 0 Å². The molecule has 1 aliphatic heterocycles. The summed E-state index contributed by atoms with van der Waals surface area (Å²) in [6.07, 6.45) is 1.46. The molecule has 0 aromatic carbocycles. The monoisotopic (exact) mass is 141 g/mol. The van der Waals surface area contributed by atoms with Crippen LogP contribution in [0.5, 0.6) is 0 Å². The third-order valence-corrected chi connectivity index (χ3v) is 2.90. The first-order valence-corrected chi connectivity index (χ1v) is 4.02. The van der Waals surface area contributed by atoms with E-state index in [2.05, 4.69) is 11.9 Å². The summed E-state index contributed by atoms with van der Waals surface area (Å²) in [7, 11) is 4.00. The van der Waals surface area contributed by atoms with Crippen LogP contribution in [-0.4, -0.2) is 38.3 Å². The lowest BCUT2D eigenvalue weighted by molar-refractivity contribution is 0.115. The minimum absolute atomic E-state index is 0.731. The molecule has 1 saturated carbocycles. The summed E-state index contributed by atoms with van der Waals surface area (Å²) < 4.78 is 5.15. The first-order valence-electron chi connectivity index (χ1n) is 4.02. The predicted octanol–water partition coefficient (Wildman–Crippen LogP) is 0.583. The van der Waals surface area contributed by atoms with Crippen LogP contribution in [0.25, 0.3) is 0 Å². The summed E-state index contributed by atoms with van der Waals surface area (Å²) in [5, 5.41) is 0. The second-order valence-electron chi connectivity index (χ2n) is 3.62. The van der Waals surface area contributed by atoms with Gasteiger partial charge in [-0.2, -0.15) is 0 Å². The SMILES string of the molecule is COC[C@@H]1[C@H]2C[C@H]2CN1C. The Morgan fingerprint density at radius 3 is 2.90 bits per heavy atom. The Morgan fingerprint density at radius 1 is 1.60 bits per heavy atom. The van der Waals surface area contributed by atoms with E-state index in [4.69, 9.17) is 4.74 Å². The van der Waals surface area contributed by atoms with Crippen molar-refractivity contribution in [2.75, 3.05) is 27.3 Å². The number of ether oxygens (including phenoxy) is 1. The van der Waals surface area contributed by atoms with E-state index in [1.807, 2.05) is 0 Å². The average molecular weight is 141 g/mol. The number of piperidine rings is 1. The van der Waals surface area contributed by atoms with Gasteiger partial charge >= 0.3 is 0 Å². The molecule has 2 nitrogen and oxygen atoms in total. The molecule has 1 saturated heterocycles. The van der Waals surface area contributed by atoms with Crippen molar-refractivity contribution in [3.8, 4) is 0 Å². The largest absolute Gasteiger partial charge is 0.383 e. The standard InChI is InChI=1S/C8H15NO/c1-9-4-6-3-7(6)8(9)5-10-2/h6-8H,3-5H2,1-2H3/t6-,7-,8+/m0/s1. The van der Waals surface area contributed by atoms with E-state index < -0.39 is 0 Å². The number of fused-ring (bicyclic) bond motifs is 1. The topological polar surface area (TPSA) is 12.5 Å². The predicted molar refractivity (Wildman–Crippen MR) is 39.9 cm³/mol. The Morgan fingerprint density at radius 2 is 2.40 bits per heavy atom. The van der Waals surface area contributed by atoms with Crippen molar-refractivity contribution in [2.45, 2.75) is 12.5 Å². The molecule has 10 heavy (non-hydrogen) atoms. The van der Waals surface area contributed by atoms with Crippen LogP contribution in [-0.2, 0) is 4.74 Å². The Labute approximate surface area is 62.2 Å². The lowest BCUT2D eigenvalue weighted by Gasteiger charge is -2.21. The van der Waals surface area contributed by atoms with E-state index in [9.17, 15) is 0 Å². The lowest BCUT2D eigenvalue weighted by Crippen LogP contribution is -2.32. The summed E-state index contributed by atoms with van der Waals surface area (Å²) in [5.74, 6) is 2.00. The first kappa shape index (κ1) is 6.62. The highest BCUT2D eigenvalue weighted by Gasteiger charge is 2.50. The minimum Gasteiger partial charge on any atom is -0.383 e. The van der Waals surface area contributed by atoms with Crippen molar-refractivity contribution in [1.82, 2.24) is 4.90 Å². The molecule has 2 fully saturated rings. The van der Waals surface area contributed by atoms with Crippen molar-refractivity contribution in [3.05, 3.63) is 0 Å². The smallest absolute Gasteiger partial charge is 0.0620 e. The summed E-state index contributed by atoms with van der Waals surface area (Å²) in [5.41, 5.74) is 0. The lowest BCUT2D eigenvalue weighted by atomic mass is 10.2. The van der Waals surface area contributed by atoms with Crippen molar-refractivity contribution >= 4 is 0 Å². The number of rotatable bonds is 2. The number of hydrogen-bond donors (Lipinski definition) is 0. The number of methoxy groups -OCH3 is 1. The summed E-state index contributed by atoms with van der Waals surface area (Å²) in [4.78, 5) is 2.43. The highest BCUT2D eigenvalue weighted by atomic mass is 16.5. The van der Waals surface area contributed by atoms with Gasteiger partial charge in [0.1, 0.15) is 0 Å². The van der Waals surface area contributed by atoms with Crippen LogP contribution in [0.15, 0.2) is 0 Å². The van der Waals surface area contributed by atoms with Crippen LogP contribution >= 0.6 is 0 Å². The second kappa shape index (κ2) is 2.21. The number of likely N-dealkylation sites (tertiary alicyclic amines) is 1. The van der Waals surface area contributed by atoms with Gasteiger partial charge < -0.3 is 9.64 Å². The Hall–Kier alpha value is -0.0800. The Kier molecular flexibility index (Phi) is 1.46. The molecule has 2 aliphatic rings. The van der Waals surface area contributed by atoms with E-state index in [1.54, 1.807) is 7.11 Å². The van der Waals surface area contributed by atoms with Gasteiger partial charge in [0.25, 0.3) is 0 Å². The molecule has 0 aromatic rings. The first-order chi connectivity index (χ1) is 4.83. The maximum absolute atomic E-state index is 5.15. The molecule has 2 heteroatoms. The highest BCUT2D eigenvalue weighted by molar-refractivity contribution is 5.02. The fourth-order valence-electron chi connectivity index (χ4n) is 2.21. The molecule has 0 bridgehead atoms. The van der Waals surface area contributed by atoms with Crippen molar-refractivity contribution in [3.63, 3.8) is 0 Å².